The molecule has 3 rings (SSSR count). The summed E-state index contributed by atoms with van der Waals surface area (Å²) in [4.78, 5) is 19.7. The van der Waals surface area contributed by atoms with E-state index in [9.17, 15) is 31.5 Å². The number of alkyl halides is 3. The standard InChI is InChI=1S/C18H20F3N5O4S/c1-26-11-10-24-16(26)17(28,18(19,20)21)7-9-22-14(27)6-8-23-15-12-4-2-3-5-13(12)31(29,30)25-15/h2-5,10-11,28H,6-9H2,1H3,(H,22,27)(H,23,25). The third kappa shape index (κ3) is 4.56. The van der Waals surface area contributed by atoms with Crippen LogP contribution in [0.1, 0.15) is 24.2 Å². The van der Waals surface area contributed by atoms with Gasteiger partial charge in [0.1, 0.15) is 11.7 Å². The number of halogens is 3. The van der Waals surface area contributed by atoms with Gasteiger partial charge in [-0.05, 0) is 12.1 Å². The number of imidazole rings is 1. The van der Waals surface area contributed by atoms with E-state index in [0.717, 1.165) is 10.8 Å². The number of fused-ring (bicyclic) bond motifs is 1. The number of aliphatic imine (C=N–C) groups is 1. The molecule has 1 aliphatic heterocycles. The lowest BCUT2D eigenvalue weighted by atomic mass is 9.97. The average Bonchev–Trinajstić information content (AvgIpc) is 3.22. The fourth-order valence-electron chi connectivity index (χ4n) is 3.14. The first-order valence-electron chi connectivity index (χ1n) is 9.16. The van der Waals surface area contributed by atoms with Crippen molar-refractivity contribution in [3.05, 3.63) is 48.0 Å². The van der Waals surface area contributed by atoms with Crippen LogP contribution in [0.5, 0.6) is 0 Å². The molecule has 31 heavy (non-hydrogen) atoms. The Morgan fingerprint density at radius 3 is 2.68 bits per heavy atom. The molecule has 0 saturated heterocycles. The number of hydrogen-bond donors (Lipinski definition) is 3. The molecule has 0 fully saturated rings. The minimum absolute atomic E-state index is 0.0823. The predicted molar refractivity (Wildman–Crippen MR) is 104 cm³/mol. The fourth-order valence-corrected chi connectivity index (χ4v) is 4.39. The summed E-state index contributed by atoms with van der Waals surface area (Å²) in [6.45, 7) is -0.533. The quantitative estimate of drug-likeness (QED) is 0.565. The van der Waals surface area contributed by atoms with Crippen LogP contribution in [0, 0.1) is 0 Å². The zero-order valence-corrected chi connectivity index (χ0v) is 17.2. The van der Waals surface area contributed by atoms with Crippen molar-refractivity contribution in [3.63, 3.8) is 0 Å². The monoisotopic (exact) mass is 459 g/mol. The van der Waals surface area contributed by atoms with Crippen LogP contribution in [0.2, 0.25) is 0 Å². The number of amidine groups is 1. The lowest BCUT2D eigenvalue weighted by molar-refractivity contribution is -0.272. The fraction of sp³-hybridized carbons (Fsp3) is 0.389. The summed E-state index contributed by atoms with van der Waals surface area (Å²) in [7, 11) is -2.37. The summed E-state index contributed by atoms with van der Waals surface area (Å²) in [5, 5.41) is 12.5. The van der Waals surface area contributed by atoms with E-state index >= 15 is 0 Å². The van der Waals surface area contributed by atoms with E-state index in [1.807, 2.05) is 0 Å². The molecule has 0 bridgehead atoms. The molecule has 1 unspecified atom stereocenters. The molecule has 9 nitrogen and oxygen atoms in total. The number of aliphatic hydroxyl groups is 1. The normalized spacial score (nSPS) is 18.3. The second kappa shape index (κ2) is 8.30. The number of sulfonamides is 1. The van der Waals surface area contributed by atoms with E-state index in [4.69, 9.17) is 0 Å². The molecule has 1 amide bonds. The molecule has 0 radical (unpaired) electrons. The van der Waals surface area contributed by atoms with Crippen LogP contribution in [0.15, 0.2) is 46.5 Å². The second-order valence-corrected chi connectivity index (χ2v) is 8.55. The van der Waals surface area contributed by atoms with Crippen molar-refractivity contribution in [3.8, 4) is 0 Å². The smallest absolute Gasteiger partial charge is 0.374 e. The lowest BCUT2D eigenvalue weighted by Crippen LogP contribution is -2.46. The molecule has 0 aliphatic carbocycles. The van der Waals surface area contributed by atoms with Gasteiger partial charge in [-0.3, -0.25) is 14.5 Å². The highest BCUT2D eigenvalue weighted by atomic mass is 32.2. The maximum absolute atomic E-state index is 13.4. The van der Waals surface area contributed by atoms with Crippen molar-refractivity contribution in [2.24, 2.45) is 12.0 Å². The molecule has 0 spiro atoms. The molecule has 1 aromatic carbocycles. The highest BCUT2D eigenvalue weighted by Crippen LogP contribution is 2.40. The van der Waals surface area contributed by atoms with E-state index in [-0.39, 0.29) is 23.7 Å². The van der Waals surface area contributed by atoms with Gasteiger partial charge < -0.3 is 15.0 Å². The summed E-state index contributed by atoms with van der Waals surface area (Å²) < 4.78 is 67.7. The number of carbonyl (C=O) groups excluding carboxylic acids is 1. The maximum Gasteiger partial charge on any atom is 0.424 e. The van der Waals surface area contributed by atoms with Crippen molar-refractivity contribution in [2.75, 3.05) is 13.1 Å². The summed E-state index contributed by atoms with van der Waals surface area (Å²) in [6, 6.07) is 6.21. The van der Waals surface area contributed by atoms with E-state index in [0.29, 0.717) is 5.56 Å². The van der Waals surface area contributed by atoms with Gasteiger partial charge in [-0.1, -0.05) is 12.1 Å². The number of rotatable bonds is 7. The van der Waals surface area contributed by atoms with Gasteiger partial charge >= 0.3 is 6.18 Å². The molecule has 1 atom stereocenters. The van der Waals surface area contributed by atoms with Crippen molar-refractivity contribution < 1.29 is 31.5 Å². The third-order valence-electron chi connectivity index (χ3n) is 4.74. The Kier molecular flexibility index (Phi) is 6.09. The van der Waals surface area contributed by atoms with Crippen LogP contribution in [-0.4, -0.2) is 54.1 Å². The third-order valence-corrected chi connectivity index (χ3v) is 6.14. The number of nitrogens with zero attached hydrogens (tertiary/aromatic N) is 3. The molecular weight excluding hydrogens is 439 g/mol. The number of aromatic nitrogens is 2. The molecule has 13 heteroatoms. The van der Waals surface area contributed by atoms with Crippen LogP contribution < -0.4 is 10.0 Å². The van der Waals surface area contributed by atoms with Gasteiger partial charge in [-0.2, -0.15) is 13.2 Å². The largest absolute Gasteiger partial charge is 0.424 e. The number of nitrogens with one attached hydrogen (secondary N) is 2. The number of amides is 1. The highest BCUT2D eigenvalue weighted by Gasteiger charge is 2.57. The van der Waals surface area contributed by atoms with Crippen molar-refractivity contribution >= 4 is 21.8 Å². The topological polar surface area (TPSA) is 126 Å². The Bertz CT molecular complexity index is 1110. The molecule has 3 N–H and O–H groups in total. The Labute approximate surface area is 176 Å². The summed E-state index contributed by atoms with van der Waals surface area (Å²) >= 11 is 0. The first-order chi connectivity index (χ1) is 14.5. The predicted octanol–water partition coefficient (Wildman–Crippen LogP) is 0.805. The molecule has 1 aliphatic rings. The van der Waals surface area contributed by atoms with Crippen LogP contribution >= 0.6 is 0 Å². The minimum atomic E-state index is -4.99. The van der Waals surface area contributed by atoms with Gasteiger partial charge in [-0.15, -0.1) is 0 Å². The maximum atomic E-state index is 13.4. The number of aryl methyl sites for hydroxylation is 1. The van der Waals surface area contributed by atoms with Gasteiger partial charge in [0.25, 0.3) is 10.0 Å². The number of benzene rings is 1. The summed E-state index contributed by atoms with van der Waals surface area (Å²) in [5.41, 5.74) is -2.84. The van der Waals surface area contributed by atoms with Crippen molar-refractivity contribution in [1.29, 1.82) is 0 Å². The van der Waals surface area contributed by atoms with Gasteiger partial charge in [0.2, 0.25) is 11.5 Å². The van der Waals surface area contributed by atoms with Crippen molar-refractivity contribution in [1.82, 2.24) is 19.6 Å². The molecule has 2 aromatic rings. The molecular formula is C18H20F3N5O4S. The Morgan fingerprint density at radius 1 is 1.32 bits per heavy atom. The van der Waals surface area contributed by atoms with E-state index in [2.05, 4.69) is 20.0 Å². The first kappa shape index (κ1) is 22.7. The summed E-state index contributed by atoms with van der Waals surface area (Å²) in [5.74, 6) is -1.07. The highest BCUT2D eigenvalue weighted by molar-refractivity contribution is 7.90. The van der Waals surface area contributed by atoms with Crippen LogP contribution in [0.3, 0.4) is 0 Å². The van der Waals surface area contributed by atoms with Gasteiger partial charge in [0.15, 0.2) is 0 Å². The zero-order valence-electron chi connectivity index (χ0n) is 16.3. The van der Waals surface area contributed by atoms with Crippen LogP contribution in [-0.2, 0) is 27.5 Å². The van der Waals surface area contributed by atoms with Crippen LogP contribution in [0.25, 0.3) is 0 Å². The van der Waals surface area contributed by atoms with E-state index < -0.39 is 46.5 Å². The zero-order chi connectivity index (χ0) is 22.9. The van der Waals surface area contributed by atoms with Crippen molar-refractivity contribution in [2.45, 2.75) is 29.5 Å². The minimum Gasteiger partial charge on any atom is -0.374 e. The van der Waals surface area contributed by atoms with E-state index in [1.165, 1.54) is 19.3 Å². The Morgan fingerprint density at radius 2 is 2.03 bits per heavy atom. The lowest BCUT2D eigenvalue weighted by Gasteiger charge is -2.29. The number of carbonyl (C=O) groups is 1. The van der Waals surface area contributed by atoms with Gasteiger partial charge in [0, 0.05) is 44.4 Å². The first-order valence-corrected chi connectivity index (χ1v) is 10.6. The Balaban J connectivity index is 1.56. The SMILES string of the molecule is Cn1ccnc1C(O)(CCNC(=O)CCN=C1NS(=O)(=O)c2ccccc21)C(F)(F)F. The molecule has 1 aromatic heterocycles. The second-order valence-electron chi connectivity index (χ2n) is 6.90. The van der Waals surface area contributed by atoms with Gasteiger partial charge in [-0.25, -0.2) is 13.4 Å². The van der Waals surface area contributed by atoms with E-state index in [1.54, 1.807) is 18.2 Å². The Hall–Kier alpha value is -2.93. The molecule has 0 saturated carbocycles. The van der Waals surface area contributed by atoms with Crippen LogP contribution in [0.4, 0.5) is 13.2 Å². The van der Waals surface area contributed by atoms with Gasteiger partial charge in [0.05, 0.1) is 11.4 Å². The molecule has 168 valence electrons. The average molecular weight is 459 g/mol. The molecule has 2 heterocycles. The summed E-state index contributed by atoms with van der Waals surface area (Å²) in [6.07, 6.45) is -3.58. The number of hydrogen-bond acceptors (Lipinski definition) is 6.